The average molecular weight is 319 g/mol. The van der Waals surface area contributed by atoms with Crippen LogP contribution in [0.25, 0.3) is 0 Å². The molecule has 1 aromatic rings. The van der Waals surface area contributed by atoms with Gasteiger partial charge in [-0.15, -0.1) is 0 Å². The summed E-state index contributed by atoms with van der Waals surface area (Å²) in [5.41, 5.74) is -0.0191. The lowest BCUT2D eigenvalue weighted by Crippen LogP contribution is -2.56. The highest BCUT2D eigenvalue weighted by Crippen LogP contribution is 2.53. The number of ether oxygens (including phenoxy) is 1. The molecule has 0 aliphatic heterocycles. The van der Waals surface area contributed by atoms with Crippen molar-refractivity contribution in [1.29, 1.82) is 0 Å². The number of rotatable bonds is 4. The van der Waals surface area contributed by atoms with E-state index in [1.54, 1.807) is 0 Å². The predicted molar refractivity (Wildman–Crippen MR) is 71.1 cm³/mol. The zero-order chi connectivity index (χ0) is 13.3. The van der Waals surface area contributed by atoms with Crippen LogP contribution in [0.3, 0.4) is 0 Å². The highest BCUT2D eigenvalue weighted by molar-refractivity contribution is 9.09. The van der Waals surface area contributed by atoms with Gasteiger partial charge in [-0.2, -0.15) is 0 Å². The fourth-order valence-electron chi connectivity index (χ4n) is 2.75. The second kappa shape index (κ2) is 5.16. The molecule has 0 aromatic heterocycles. The van der Waals surface area contributed by atoms with Gasteiger partial charge in [-0.1, -0.05) is 35.8 Å². The lowest BCUT2D eigenvalue weighted by molar-refractivity contribution is -0.0449. The Labute approximate surface area is 115 Å². The standard InChI is InChI=1S/C14H17BrF2O/c1-3-14(4-2)11(15)8-12(14)18-13-9(16)6-5-7-10(13)17/h5-7,11-12H,3-4,8H2,1-2H3. The van der Waals surface area contributed by atoms with Crippen LogP contribution in [0, 0.1) is 17.0 Å². The Morgan fingerprint density at radius 1 is 1.28 bits per heavy atom. The van der Waals surface area contributed by atoms with Gasteiger partial charge in [0.1, 0.15) is 6.10 Å². The summed E-state index contributed by atoms with van der Waals surface area (Å²) >= 11 is 3.63. The van der Waals surface area contributed by atoms with Crippen molar-refractivity contribution in [3.63, 3.8) is 0 Å². The van der Waals surface area contributed by atoms with E-state index in [-0.39, 0.29) is 17.3 Å². The first-order chi connectivity index (χ1) is 8.55. The first-order valence-electron chi connectivity index (χ1n) is 6.30. The van der Waals surface area contributed by atoms with E-state index in [9.17, 15) is 8.78 Å². The van der Waals surface area contributed by atoms with Crippen LogP contribution in [0.5, 0.6) is 5.75 Å². The van der Waals surface area contributed by atoms with E-state index < -0.39 is 11.6 Å². The molecule has 100 valence electrons. The van der Waals surface area contributed by atoms with Crippen LogP contribution in [0.4, 0.5) is 8.78 Å². The van der Waals surface area contributed by atoms with Crippen molar-refractivity contribution < 1.29 is 13.5 Å². The normalized spacial score (nSPS) is 25.6. The third-order valence-corrected chi connectivity index (χ3v) is 5.47. The summed E-state index contributed by atoms with van der Waals surface area (Å²) in [6.07, 6.45) is 2.53. The molecule has 2 rings (SSSR count). The minimum absolute atomic E-state index is 0.0191. The highest BCUT2D eigenvalue weighted by Gasteiger charge is 2.53. The molecule has 4 heteroatoms. The van der Waals surface area contributed by atoms with Gasteiger partial charge in [-0.3, -0.25) is 0 Å². The quantitative estimate of drug-likeness (QED) is 0.732. The first kappa shape index (κ1) is 13.8. The summed E-state index contributed by atoms with van der Waals surface area (Å²) in [6.45, 7) is 4.18. The van der Waals surface area contributed by atoms with E-state index in [0.717, 1.165) is 19.3 Å². The molecule has 0 amide bonds. The molecule has 1 fully saturated rings. The maximum atomic E-state index is 13.6. The topological polar surface area (TPSA) is 9.23 Å². The highest BCUT2D eigenvalue weighted by atomic mass is 79.9. The summed E-state index contributed by atoms with van der Waals surface area (Å²) in [6, 6.07) is 3.79. The molecular weight excluding hydrogens is 302 g/mol. The smallest absolute Gasteiger partial charge is 0.191 e. The van der Waals surface area contributed by atoms with Crippen molar-refractivity contribution in [2.75, 3.05) is 0 Å². The molecule has 18 heavy (non-hydrogen) atoms. The van der Waals surface area contributed by atoms with Crippen LogP contribution in [0.2, 0.25) is 0 Å². The zero-order valence-corrected chi connectivity index (χ0v) is 12.1. The molecule has 1 aliphatic rings. The lowest BCUT2D eigenvalue weighted by atomic mass is 9.62. The largest absolute Gasteiger partial charge is 0.484 e. The van der Waals surface area contributed by atoms with Gasteiger partial charge in [-0.25, -0.2) is 8.78 Å². The Morgan fingerprint density at radius 2 is 1.83 bits per heavy atom. The zero-order valence-electron chi connectivity index (χ0n) is 10.6. The maximum absolute atomic E-state index is 13.6. The Balaban J connectivity index is 2.20. The van der Waals surface area contributed by atoms with Crippen LogP contribution in [0.15, 0.2) is 18.2 Å². The summed E-state index contributed by atoms with van der Waals surface area (Å²) in [4.78, 5) is 0.361. The van der Waals surface area contributed by atoms with E-state index in [0.29, 0.717) is 4.83 Å². The van der Waals surface area contributed by atoms with Crippen LogP contribution >= 0.6 is 15.9 Å². The number of hydrogen-bond acceptors (Lipinski definition) is 1. The van der Waals surface area contributed by atoms with E-state index in [2.05, 4.69) is 29.8 Å². The molecule has 1 nitrogen and oxygen atoms in total. The number of para-hydroxylation sites is 1. The van der Waals surface area contributed by atoms with Crippen LogP contribution < -0.4 is 4.74 Å². The van der Waals surface area contributed by atoms with Crippen molar-refractivity contribution in [1.82, 2.24) is 0 Å². The first-order valence-corrected chi connectivity index (χ1v) is 7.21. The van der Waals surface area contributed by atoms with E-state index in [1.807, 2.05) is 0 Å². The summed E-state index contributed by atoms with van der Waals surface area (Å²) in [7, 11) is 0. The second-order valence-corrected chi connectivity index (χ2v) is 5.91. The van der Waals surface area contributed by atoms with Crippen molar-refractivity contribution in [2.45, 2.75) is 44.0 Å². The van der Waals surface area contributed by atoms with Gasteiger partial charge in [0.15, 0.2) is 17.4 Å². The van der Waals surface area contributed by atoms with Gasteiger partial charge >= 0.3 is 0 Å². The van der Waals surface area contributed by atoms with Gasteiger partial charge in [0.2, 0.25) is 0 Å². The number of benzene rings is 1. The van der Waals surface area contributed by atoms with Crippen molar-refractivity contribution >= 4 is 15.9 Å². The molecule has 0 spiro atoms. The molecule has 0 radical (unpaired) electrons. The van der Waals surface area contributed by atoms with E-state index in [4.69, 9.17) is 4.74 Å². The van der Waals surface area contributed by atoms with Gasteiger partial charge in [-0.05, 0) is 31.4 Å². The fraction of sp³-hybridized carbons (Fsp3) is 0.571. The SMILES string of the molecule is CCC1(CC)C(Br)CC1Oc1c(F)cccc1F. The molecule has 0 saturated heterocycles. The molecule has 1 aromatic carbocycles. The van der Waals surface area contributed by atoms with Gasteiger partial charge in [0, 0.05) is 10.2 Å². The van der Waals surface area contributed by atoms with Crippen molar-refractivity contribution in [2.24, 2.45) is 5.41 Å². The summed E-state index contributed by atoms with van der Waals surface area (Å²) in [5, 5.41) is 0. The van der Waals surface area contributed by atoms with E-state index in [1.165, 1.54) is 18.2 Å². The van der Waals surface area contributed by atoms with Crippen LogP contribution in [-0.4, -0.2) is 10.9 Å². The third-order valence-electron chi connectivity index (χ3n) is 4.18. The molecule has 1 aliphatic carbocycles. The van der Waals surface area contributed by atoms with E-state index >= 15 is 0 Å². The third kappa shape index (κ3) is 2.04. The van der Waals surface area contributed by atoms with Gasteiger partial charge < -0.3 is 4.74 Å². The van der Waals surface area contributed by atoms with Crippen molar-refractivity contribution in [3.8, 4) is 5.75 Å². The molecule has 1 saturated carbocycles. The second-order valence-electron chi connectivity index (χ2n) is 4.80. The number of hydrogen-bond donors (Lipinski definition) is 0. The predicted octanol–water partition coefficient (Wildman–Crippen LogP) is 4.69. The number of alkyl halides is 1. The maximum Gasteiger partial charge on any atom is 0.191 e. The van der Waals surface area contributed by atoms with Crippen LogP contribution in [-0.2, 0) is 0 Å². The fourth-order valence-corrected chi connectivity index (χ4v) is 4.03. The molecule has 2 atom stereocenters. The Bertz CT molecular complexity index is 412. The monoisotopic (exact) mass is 318 g/mol. The minimum Gasteiger partial charge on any atom is -0.484 e. The Hall–Kier alpha value is -0.640. The van der Waals surface area contributed by atoms with Crippen LogP contribution in [0.1, 0.15) is 33.1 Å². The molecule has 0 bridgehead atoms. The summed E-state index contributed by atoms with van der Waals surface area (Å²) < 4.78 is 32.7. The van der Waals surface area contributed by atoms with Gasteiger partial charge in [0.05, 0.1) is 0 Å². The average Bonchev–Trinajstić information content (AvgIpc) is 2.34. The number of halogens is 3. The van der Waals surface area contributed by atoms with Crippen molar-refractivity contribution in [3.05, 3.63) is 29.8 Å². The molecule has 0 N–H and O–H groups in total. The lowest BCUT2D eigenvalue weighted by Gasteiger charge is -2.52. The Morgan fingerprint density at radius 3 is 2.28 bits per heavy atom. The Kier molecular flexibility index (Phi) is 3.95. The minimum atomic E-state index is -0.630. The van der Waals surface area contributed by atoms with Gasteiger partial charge in [0.25, 0.3) is 0 Å². The molecule has 0 heterocycles. The molecule has 2 unspecified atom stereocenters. The molecular formula is C14H17BrF2O. The summed E-state index contributed by atoms with van der Waals surface area (Å²) in [5.74, 6) is -1.50.